The predicted octanol–water partition coefficient (Wildman–Crippen LogP) is 4.69. The lowest BCUT2D eigenvalue weighted by molar-refractivity contribution is -0.113. The maximum absolute atomic E-state index is 12.3. The number of aromatic nitrogens is 3. The normalized spacial score (nSPS) is 10.8. The Balaban J connectivity index is 1.70. The molecular weight excluding hydrogens is 412 g/mol. The van der Waals surface area contributed by atoms with Crippen LogP contribution in [0.25, 0.3) is 5.69 Å². The van der Waals surface area contributed by atoms with Crippen LogP contribution in [0.1, 0.15) is 17.0 Å². The number of halogens is 1. The summed E-state index contributed by atoms with van der Waals surface area (Å²) in [6.07, 6.45) is 0. The topological polar surface area (TPSA) is 59.8 Å². The van der Waals surface area contributed by atoms with E-state index in [1.54, 1.807) is 0 Å². The lowest BCUT2D eigenvalue weighted by atomic mass is 10.2. The molecule has 0 aliphatic rings. The monoisotopic (exact) mass is 430 g/mol. The zero-order chi connectivity index (χ0) is 18.7. The second-order valence-electron chi connectivity index (χ2n) is 6.00. The molecule has 0 bridgehead atoms. The zero-order valence-corrected chi connectivity index (χ0v) is 17.2. The van der Waals surface area contributed by atoms with E-state index in [4.69, 9.17) is 0 Å². The van der Waals surface area contributed by atoms with Crippen LogP contribution in [-0.2, 0) is 4.79 Å². The first-order chi connectivity index (χ1) is 12.4. The van der Waals surface area contributed by atoms with Crippen molar-refractivity contribution in [1.29, 1.82) is 0 Å². The van der Waals surface area contributed by atoms with Crippen LogP contribution >= 0.6 is 27.7 Å². The third kappa shape index (κ3) is 4.34. The number of aryl methyl sites for hydroxylation is 3. The van der Waals surface area contributed by atoms with Gasteiger partial charge in [0.25, 0.3) is 0 Å². The van der Waals surface area contributed by atoms with E-state index in [2.05, 4.69) is 31.4 Å². The van der Waals surface area contributed by atoms with Crippen molar-refractivity contribution >= 4 is 39.3 Å². The number of anilines is 1. The van der Waals surface area contributed by atoms with Crippen molar-refractivity contribution in [3.63, 3.8) is 0 Å². The highest BCUT2D eigenvalue weighted by molar-refractivity contribution is 9.10. The van der Waals surface area contributed by atoms with Gasteiger partial charge in [-0.3, -0.25) is 9.36 Å². The van der Waals surface area contributed by atoms with Gasteiger partial charge in [-0.1, -0.05) is 45.4 Å². The van der Waals surface area contributed by atoms with Crippen LogP contribution in [-0.4, -0.2) is 26.4 Å². The summed E-state index contributed by atoms with van der Waals surface area (Å²) in [5.41, 5.74) is 4.01. The van der Waals surface area contributed by atoms with Gasteiger partial charge in [-0.15, -0.1) is 10.2 Å². The molecule has 5 nitrogen and oxygen atoms in total. The van der Waals surface area contributed by atoms with Crippen molar-refractivity contribution in [3.05, 3.63) is 63.9 Å². The number of benzene rings is 2. The van der Waals surface area contributed by atoms with E-state index in [-0.39, 0.29) is 11.7 Å². The minimum atomic E-state index is -0.0727. The second-order valence-corrected chi connectivity index (χ2v) is 7.86. The molecular formula is C19H19BrN4OS. The summed E-state index contributed by atoms with van der Waals surface area (Å²) in [6.45, 7) is 5.92. The molecule has 3 rings (SSSR count). The Hall–Kier alpha value is -2.12. The summed E-state index contributed by atoms with van der Waals surface area (Å²) >= 11 is 4.80. The SMILES string of the molecule is Cc1ccc(-n2c(C)nnc2SCC(=O)Nc2ccc(Br)cc2C)cc1. The number of rotatable bonds is 5. The Morgan fingerprint density at radius 3 is 2.54 bits per heavy atom. The Morgan fingerprint density at radius 2 is 1.85 bits per heavy atom. The van der Waals surface area contributed by atoms with Gasteiger partial charge >= 0.3 is 0 Å². The number of nitrogens with one attached hydrogen (secondary N) is 1. The van der Waals surface area contributed by atoms with Crippen molar-refractivity contribution in [2.24, 2.45) is 0 Å². The van der Waals surface area contributed by atoms with E-state index in [1.165, 1.54) is 17.3 Å². The number of amides is 1. The molecule has 0 aliphatic heterocycles. The van der Waals surface area contributed by atoms with Crippen LogP contribution in [0.4, 0.5) is 5.69 Å². The van der Waals surface area contributed by atoms with E-state index in [0.717, 1.165) is 27.2 Å². The van der Waals surface area contributed by atoms with Gasteiger partial charge in [-0.05, 0) is 56.7 Å². The molecule has 1 aromatic heterocycles. The highest BCUT2D eigenvalue weighted by Crippen LogP contribution is 2.23. The predicted molar refractivity (Wildman–Crippen MR) is 109 cm³/mol. The first kappa shape index (κ1) is 18.7. The van der Waals surface area contributed by atoms with E-state index in [9.17, 15) is 4.79 Å². The average Bonchev–Trinajstić information content (AvgIpc) is 2.97. The molecule has 0 aliphatic carbocycles. The largest absolute Gasteiger partial charge is 0.325 e. The van der Waals surface area contributed by atoms with E-state index >= 15 is 0 Å². The minimum Gasteiger partial charge on any atom is -0.325 e. The van der Waals surface area contributed by atoms with Crippen LogP contribution in [0, 0.1) is 20.8 Å². The summed E-state index contributed by atoms with van der Waals surface area (Å²) in [5, 5.41) is 12.0. The number of nitrogens with zero attached hydrogens (tertiary/aromatic N) is 3. The van der Waals surface area contributed by atoms with Crippen molar-refractivity contribution < 1.29 is 4.79 Å². The van der Waals surface area contributed by atoms with Gasteiger partial charge in [0.1, 0.15) is 5.82 Å². The number of hydrogen-bond donors (Lipinski definition) is 1. The van der Waals surface area contributed by atoms with Gasteiger partial charge in [0.15, 0.2) is 5.16 Å². The molecule has 0 unspecified atom stereocenters. The van der Waals surface area contributed by atoms with Crippen molar-refractivity contribution in [1.82, 2.24) is 14.8 Å². The molecule has 134 valence electrons. The van der Waals surface area contributed by atoms with Crippen LogP contribution in [0.5, 0.6) is 0 Å². The fourth-order valence-corrected chi connectivity index (χ4v) is 3.78. The van der Waals surface area contributed by atoms with Gasteiger partial charge in [-0.25, -0.2) is 0 Å². The molecule has 1 heterocycles. The summed E-state index contributed by atoms with van der Waals surface area (Å²) < 4.78 is 2.95. The number of carbonyl (C=O) groups excluding carboxylic acids is 1. The Bertz CT molecular complexity index is 937. The van der Waals surface area contributed by atoms with Crippen molar-refractivity contribution in [3.8, 4) is 5.69 Å². The zero-order valence-electron chi connectivity index (χ0n) is 14.8. The van der Waals surface area contributed by atoms with Gasteiger partial charge < -0.3 is 5.32 Å². The van der Waals surface area contributed by atoms with Crippen LogP contribution in [0.15, 0.2) is 52.1 Å². The molecule has 0 spiro atoms. The Labute approximate surface area is 165 Å². The molecule has 7 heteroatoms. The maximum Gasteiger partial charge on any atom is 0.234 e. The molecule has 0 saturated heterocycles. The summed E-state index contributed by atoms with van der Waals surface area (Å²) in [4.78, 5) is 12.3. The van der Waals surface area contributed by atoms with Gasteiger partial charge in [-0.2, -0.15) is 0 Å². The minimum absolute atomic E-state index is 0.0727. The summed E-state index contributed by atoms with van der Waals surface area (Å²) in [5.74, 6) is 0.983. The quantitative estimate of drug-likeness (QED) is 0.596. The molecule has 3 aromatic rings. The van der Waals surface area contributed by atoms with Gasteiger partial charge in [0, 0.05) is 15.8 Å². The highest BCUT2D eigenvalue weighted by Gasteiger charge is 2.14. The summed E-state index contributed by atoms with van der Waals surface area (Å²) in [6, 6.07) is 13.9. The summed E-state index contributed by atoms with van der Waals surface area (Å²) in [7, 11) is 0. The second kappa shape index (κ2) is 8.05. The molecule has 0 radical (unpaired) electrons. The smallest absolute Gasteiger partial charge is 0.234 e. The molecule has 0 fully saturated rings. The maximum atomic E-state index is 12.3. The molecule has 0 saturated carbocycles. The van der Waals surface area contributed by atoms with E-state index in [1.807, 2.05) is 67.8 Å². The molecule has 2 aromatic carbocycles. The lowest BCUT2D eigenvalue weighted by Crippen LogP contribution is -2.15. The standard InChI is InChI=1S/C19H19BrN4OS/c1-12-4-7-16(8-5-12)24-14(3)22-23-19(24)26-11-18(25)21-17-9-6-15(20)10-13(17)2/h4-10H,11H2,1-3H3,(H,21,25). The van der Waals surface area contributed by atoms with Crippen molar-refractivity contribution in [2.45, 2.75) is 25.9 Å². The van der Waals surface area contributed by atoms with Crippen LogP contribution in [0.3, 0.4) is 0 Å². The first-order valence-corrected chi connectivity index (χ1v) is 9.90. The molecule has 26 heavy (non-hydrogen) atoms. The fourth-order valence-electron chi connectivity index (χ4n) is 2.51. The Kier molecular flexibility index (Phi) is 5.78. The first-order valence-electron chi connectivity index (χ1n) is 8.12. The molecule has 1 N–H and O–H groups in total. The van der Waals surface area contributed by atoms with E-state index in [0.29, 0.717) is 5.16 Å². The third-order valence-corrected chi connectivity index (χ3v) is 5.30. The number of hydrogen-bond acceptors (Lipinski definition) is 4. The van der Waals surface area contributed by atoms with Crippen LogP contribution < -0.4 is 5.32 Å². The third-order valence-electron chi connectivity index (χ3n) is 3.88. The fraction of sp³-hybridized carbons (Fsp3) is 0.211. The van der Waals surface area contributed by atoms with Gasteiger partial charge in [0.05, 0.1) is 5.75 Å². The average molecular weight is 431 g/mol. The number of carbonyl (C=O) groups is 1. The molecule has 0 atom stereocenters. The van der Waals surface area contributed by atoms with Gasteiger partial charge in [0.2, 0.25) is 5.91 Å². The van der Waals surface area contributed by atoms with Crippen molar-refractivity contribution in [2.75, 3.05) is 11.1 Å². The Morgan fingerprint density at radius 1 is 1.12 bits per heavy atom. The molecule has 1 amide bonds. The van der Waals surface area contributed by atoms with E-state index < -0.39 is 0 Å². The lowest BCUT2D eigenvalue weighted by Gasteiger charge is -2.10. The highest BCUT2D eigenvalue weighted by atomic mass is 79.9. The number of thioether (sulfide) groups is 1. The van der Waals surface area contributed by atoms with Crippen LogP contribution in [0.2, 0.25) is 0 Å².